The van der Waals surface area contributed by atoms with Crippen molar-refractivity contribution in [3.05, 3.63) is 29.3 Å². The van der Waals surface area contributed by atoms with Gasteiger partial charge in [0.25, 0.3) is 0 Å². The van der Waals surface area contributed by atoms with Crippen LogP contribution in [-0.2, 0) is 9.84 Å². The SMILES string of the molecule is CCS(=O)(=O)C[C@H](C)N[C@@H]1CCCN(c2ccccc2Cl)C1. The molecular formula is C16H25ClN2O2S. The number of hydrogen-bond acceptors (Lipinski definition) is 4. The summed E-state index contributed by atoms with van der Waals surface area (Å²) in [4.78, 5) is 2.28. The molecule has 22 heavy (non-hydrogen) atoms. The van der Waals surface area contributed by atoms with E-state index in [2.05, 4.69) is 10.2 Å². The highest BCUT2D eigenvalue weighted by molar-refractivity contribution is 7.91. The number of anilines is 1. The molecule has 2 atom stereocenters. The lowest BCUT2D eigenvalue weighted by atomic mass is 10.0. The summed E-state index contributed by atoms with van der Waals surface area (Å²) < 4.78 is 23.4. The molecule has 0 aromatic heterocycles. The second kappa shape index (κ2) is 7.66. The highest BCUT2D eigenvalue weighted by Gasteiger charge is 2.24. The number of piperidine rings is 1. The van der Waals surface area contributed by atoms with Crippen molar-refractivity contribution in [2.24, 2.45) is 0 Å². The van der Waals surface area contributed by atoms with E-state index in [0.717, 1.165) is 36.6 Å². The summed E-state index contributed by atoms with van der Waals surface area (Å²) in [6, 6.07) is 8.14. The molecule has 0 spiro atoms. The minimum absolute atomic E-state index is 0.0267. The Morgan fingerprint density at radius 2 is 2.14 bits per heavy atom. The summed E-state index contributed by atoms with van der Waals surface area (Å²) in [5.41, 5.74) is 1.06. The van der Waals surface area contributed by atoms with Gasteiger partial charge < -0.3 is 10.2 Å². The van der Waals surface area contributed by atoms with Gasteiger partial charge in [-0.3, -0.25) is 0 Å². The lowest BCUT2D eigenvalue weighted by molar-refractivity contribution is 0.394. The van der Waals surface area contributed by atoms with Gasteiger partial charge >= 0.3 is 0 Å². The topological polar surface area (TPSA) is 49.4 Å². The van der Waals surface area contributed by atoms with Crippen molar-refractivity contribution in [1.29, 1.82) is 0 Å². The fraction of sp³-hybridized carbons (Fsp3) is 0.625. The smallest absolute Gasteiger partial charge is 0.151 e. The molecule has 0 unspecified atom stereocenters. The van der Waals surface area contributed by atoms with Crippen LogP contribution >= 0.6 is 11.6 Å². The van der Waals surface area contributed by atoms with Crippen LogP contribution in [0.25, 0.3) is 0 Å². The number of sulfone groups is 1. The fourth-order valence-corrected chi connectivity index (χ4v) is 4.34. The minimum atomic E-state index is -2.94. The zero-order chi connectivity index (χ0) is 16.2. The van der Waals surface area contributed by atoms with Crippen molar-refractivity contribution in [3.8, 4) is 0 Å². The second-order valence-electron chi connectivity index (χ2n) is 6.00. The first-order valence-electron chi connectivity index (χ1n) is 7.87. The Labute approximate surface area is 138 Å². The van der Waals surface area contributed by atoms with Crippen LogP contribution in [0.5, 0.6) is 0 Å². The monoisotopic (exact) mass is 344 g/mol. The van der Waals surface area contributed by atoms with E-state index in [9.17, 15) is 8.42 Å². The third-order valence-corrected chi connectivity index (χ3v) is 6.29. The van der Waals surface area contributed by atoms with Crippen LogP contribution in [0.2, 0.25) is 5.02 Å². The lowest BCUT2D eigenvalue weighted by Gasteiger charge is -2.36. The van der Waals surface area contributed by atoms with Crippen LogP contribution in [0.4, 0.5) is 5.69 Å². The number of benzene rings is 1. The van der Waals surface area contributed by atoms with Crippen molar-refractivity contribution in [2.75, 3.05) is 29.5 Å². The van der Waals surface area contributed by atoms with E-state index in [0.29, 0.717) is 6.04 Å². The van der Waals surface area contributed by atoms with Crippen molar-refractivity contribution in [2.45, 2.75) is 38.8 Å². The van der Waals surface area contributed by atoms with Crippen LogP contribution in [0, 0.1) is 0 Å². The predicted octanol–water partition coefficient (Wildman–Crippen LogP) is 2.72. The summed E-state index contributed by atoms with van der Waals surface area (Å²) in [5.74, 6) is 0.404. The summed E-state index contributed by atoms with van der Waals surface area (Å²) in [6.07, 6.45) is 2.15. The Hall–Kier alpha value is -0.780. The molecule has 124 valence electrons. The molecule has 0 saturated carbocycles. The van der Waals surface area contributed by atoms with E-state index in [1.807, 2.05) is 31.2 Å². The molecule has 0 amide bonds. The number of hydrogen-bond donors (Lipinski definition) is 1. The summed E-state index contributed by atoms with van der Waals surface area (Å²) >= 11 is 6.28. The molecular weight excluding hydrogens is 320 g/mol. The van der Waals surface area contributed by atoms with Crippen LogP contribution in [0.1, 0.15) is 26.7 Å². The van der Waals surface area contributed by atoms with E-state index in [1.54, 1.807) is 6.92 Å². The van der Waals surface area contributed by atoms with E-state index in [4.69, 9.17) is 11.6 Å². The van der Waals surface area contributed by atoms with E-state index >= 15 is 0 Å². The van der Waals surface area contributed by atoms with Gasteiger partial charge in [-0.2, -0.15) is 0 Å². The molecule has 1 aliphatic rings. The first kappa shape index (κ1) is 17.6. The van der Waals surface area contributed by atoms with E-state index in [1.165, 1.54) is 0 Å². The Balaban J connectivity index is 1.95. The van der Waals surface area contributed by atoms with Gasteiger partial charge in [0, 0.05) is 30.9 Å². The number of halogens is 1. The van der Waals surface area contributed by atoms with Crippen molar-refractivity contribution < 1.29 is 8.42 Å². The van der Waals surface area contributed by atoms with Gasteiger partial charge in [-0.15, -0.1) is 0 Å². The van der Waals surface area contributed by atoms with Gasteiger partial charge in [0.15, 0.2) is 9.84 Å². The highest BCUT2D eigenvalue weighted by Crippen LogP contribution is 2.27. The Kier molecular flexibility index (Phi) is 6.12. The zero-order valence-electron chi connectivity index (χ0n) is 13.3. The van der Waals surface area contributed by atoms with Gasteiger partial charge in [0.2, 0.25) is 0 Å². The number of nitrogens with one attached hydrogen (secondary N) is 1. The summed E-state index contributed by atoms with van der Waals surface area (Å²) in [6.45, 7) is 5.49. The summed E-state index contributed by atoms with van der Waals surface area (Å²) in [5, 5.41) is 4.23. The molecule has 1 fully saturated rings. The van der Waals surface area contributed by atoms with Crippen molar-refractivity contribution >= 4 is 27.1 Å². The van der Waals surface area contributed by atoms with Crippen LogP contribution < -0.4 is 10.2 Å². The molecule has 4 nitrogen and oxygen atoms in total. The Morgan fingerprint density at radius 1 is 1.41 bits per heavy atom. The molecule has 1 aromatic rings. The third-order valence-electron chi connectivity index (χ3n) is 4.08. The maximum Gasteiger partial charge on any atom is 0.151 e. The molecule has 6 heteroatoms. The molecule has 1 aliphatic heterocycles. The minimum Gasteiger partial charge on any atom is -0.369 e. The summed E-state index contributed by atoms with van der Waals surface area (Å²) in [7, 11) is -2.94. The molecule has 1 aromatic carbocycles. The maximum absolute atomic E-state index is 11.7. The first-order valence-corrected chi connectivity index (χ1v) is 10.1. The predicted molar refractivity (Wildman–Crippen MR) is 93.6 cm³/mol. The molecule has 1 N–H and O–H groups in total. The lowest BCUT2D eigenvalue weighted by Crippen LogP contribution is -2.50. The second-order valence-corrected chi connectivity index (χ2v) is 8.81. The van der Waals surface area contributed by atoms with Gasteiger partial charge in [-0.25, -0.2) is 8.42 Å². The molecule has 1 heterocycles. The maximum atomic E-state index is 11.7. The van der Waals surface area contributed by atoms with Gasteiger partial charge in [-0.05, 0) is 31.9 Å². The van der Waals surface area contributed by atoms with Crippen molar-refractivity contribution in [1.82, 2.24) is 5.32 Å². The largest absolute Gasteiger partial charge is 0.369 e. The standard InChI is InChI=1S/C16H25ClN2O2S/c1-3-22(20,21)12-13(2)18-14-7-6-10-19(11-14)16-9-5-4-8-15(16)17/h4-5,8-9,13-14,18H,3,6-7,10-12H2,1-2H3/t13-,14+/m0/s1. The zero-order valence-corrected chi connectivity index (χ0v) is 14.8. The first-order chi connectivity index (χ1) is 10.4. The van der Waals surface area contributed by atoms with Crippen LogP contribution in [0.15, 0.2) is 24.3 Å². The van der Waals surface area contributed by atoms with Gasteiger partial charge in [0.05, 0.1) is 16.5 Å². The molecule has 0 bridgehead atoms. The average molecular weight is 345 g/mol. The van der Waals surface area contributed by atoms with E-state index < -0.39 is 9.84 Å². The Bertz CT molecular complexity index is 592. The fourth-order valence-electron chi connectivity index (χ4n) is 2.99. The Morgan fingerprint density at radius 3 is 2.82 bits per heavy atom. The third kappa shape index (κ3) is 4.86. The van der Waals surface area contributed by atoms with Gasteiger partial charge in [0.1, 0.15) is 0 Å². The normalized spacial score (nSPS) is 20.9. The average Bonchev–Trinajstić information content (AvgIpc) is 2.47. The van der Waals surface area contributed by atoms with Crippen LogP contribution in [-0.4, -0.2) is 45.1 Å². The van der Waals surface area contributed by atoms with Crippen molar-refractivity contribution in [3.63, 3.8) is 0 Å². The quantitative estimate of drug-likeness (QED) is 0.862. The molecule has 0 radical (unpaired) electrons. The molecule has 1 saturated heterocycles. The molecule has 2 rings (SSSR count). The van der Waals surface area contributed by atoms with E-state index in [-0.39, 0.29) is 17.5 Å². The molecule has 0 aliphatic carbocycles. The van der Waals surface area contributed by atoms with Crippen LogP contribution in [0.3, 0.4) is 0 Å². The number of rotatable bonds is 6. The number of nitrogens with zero attached hydrogens (tertiary/aromatic N) is 1. The van der Waals surface area contributed by atoms with Gasteiger partial charge in [-0.1, -0.05) is 30.7 Å². The highest BCUT2D eigenvalue weighted by atomic mass is 35.5. The number of para-hydroxylation sites is 1.